The van der Waals surface area contributed by atoms with Crippen LogP contribution in [0.15, 0.2) is 12.1 Å². The van der Waals surface area contributed by atoms with Gasteiger partial charge < -0.3 is 24.1 Å². The lowest BCUT2D eigenvalue weighted by molar-refractivity contribution is -0.307. The molecule has 0 saturated heterocycles. The van der Waals surface area contributed by atoms with E-state index in [4.69, 9.17) is 14.2 Å². The lowest BCUT2D eigenvalue weighted by atomic mass is 10.0. The Balaban J connectivity index is 2.50. The zero-order valence-corrected chi connectivity index (χ0v) is 9.89. The number of rotatable bonds is 4. The average Bonchev–Trinajstić information content (AvgIpc) is 2.64. The molecule has 0 aliphatic carbocycles. The van der Waals surface area contributed by atoms with Crippen LogP contribution in [0.1, 0.15) is 28.4 Å². The summed E-state index contributed by atoms with van der Waals surface area (Å²) in [5.74, 6) is -1.26. The fraction of sp³-hybridized carbons (Fsp3) is 0.333. The highest BCUT2D eigenvalue weighted by Crippen LogP contribution is 2.42. The summed E-state index contributed by atoms with van der Waals surface area (Å²) in [7, 11) is 2.85. The van der Waals surface area contributed by atoms with E-state index in [2.05, 4.69) is 0 Å². The zero-order chi connectivity index (χ0) is 13.3. The summed E-state index contributed by atoms with van der Waals surface area (Å²) in [6, 6.07) is 3.19. The highest BCUT2D eigenvalue weighted by Gasteiger charge is 2.35. The minimum absolute atomic E-state index is 0.211. The molecule has 18 heavy (non-hydrogen) atoms. The van der Waals surface area contributed by atoms with Gasteiger partial charge in [-0.05, 0) is 6.07 Å². The number of carboxylic acid groups (broad SMARTS) is 1. The van der Waals surface area contributed by atoms with E-state index < -0.39 is 18.0 Å². The molecule has 1 aliphatic rings. The standard InChI is InChI=1S/C12H12O6/c1-16-7-4-3-6-8(5-9(13)14)18-12(15)10(6)11(7)17-2/h3-4,8H,5H2,1-2H3,(H,13,14)/p-1/t8-/m0/s1. The molecule has 96 valence electrons. The van der Waals surface area contributed by atoms with E-state index in [1.54, 1.807) is 12.1 Å². The van der Waals surface area contributed by atoms with Crippen LogP contribution in [0, 0.1) is 0 Å². The van der Waals surface area contributed by atoms with E-state index in [1.165, 1.54) is 14.2 Å². The number of methoxy groups -OCH3 is 2. The van der Waals surface area contributed by atoms with Gasteiger partial charge in [0.05, 0.1) is 14.2 Å². The van der Waals surface area contributed by atoms with Crippen LogP contribution in [0.5, 0.6) is 11.5 Å². The number of cyclic esters (lactones) is 1. The summed E-state index contributed by atoms with van der Waals surface area (Å²) < 4.78 is 15.2. The second-order valence-corrected chi connectivity index (χ2v) is 3.74. The summed E-state index contributed by atoms with van der Waals surface area (Å²) >= 11 is 0. The first-order chi connectivity index (χ1) is 8.58. The Morgan fingerprint density at radius 2 is 2.11 bits per heavy atom. The number of esters is 1. The molecule has 1 atom stereocenters. The summed E-state index contributed by atoms with van der Waals surface area (Å²) in [4.78, 5) is 22.3. The van der Waals surface area contributed by atoms with Crippen molar-refractivity contribution >= 4 is 11.9 Å². The van der Waals surface area contributed by atoms with Gasteiger partial charge in [-0.25, -0.2) is 4.79 Å². The third-order valence-corrected chi connectivity index (χ3v) is 2.73. The number of aliphatic carboxylic acids is 1. The van der Waals surface area contributed by atoms with Gasteiger partial charge in [-0.1, -0.05) is 6.07 Å². The number of carboxylic acids is 1. The summed E-state index contributed by atoms with van der Waals surface area (Å²) in [6.45, 7) is 0. The SMILES string of the molecule is COc1ccc2c(c1OC)C(=O)O[C@H]2CC(=O)[O-]. The Morgan fingerprint density at radius 3 is 2.67 bits per heavy atom. The molecule has 6 heteroatoms. The van der Waals surface area contributed by atoms with Crippen molar-refractivity contribution in [2.75, 3.05) is 14.2 Å². The van der Waals surface area contributed by atoms with Crippen LogP contribution < -0.4 is 14.6 Å². The maximum Gasteiger partial charge on any atom is 0.343 e. The Hall–Kier alpha value is -2.24. The van der Waals surface area contributed by atoms with Crippen molar-refractivity contribution in [3.63, 3.8) is 0 Å². The molecule has 6 nitrogen and oxygen atoms in total. The van der Waals surface area contributed by atoms with E-state index in [0.717, 1.165) is 0 Å². The van der Waals surface area contributed by atoms with Crippen molar-refractivity contribution in [3.8, 4) is 11.5 Å². The van der Waals surface area contributed by atoms with Crippen molar-refractivity contribution < 1.29 is 28.9 Å². The highest BCUT2D eigenvalue weighted by molar-refractivity contribution is 5.98. The van der Waals surface area contributed by atoms with Gasteiger partial charge in [0.25, 0.3) is 0 Å². The van der Waals surface area contributed by atoms with Gasteiger partial charge in [0.2, 0.25) is 0 Å². The molecule has 1 heterocycles. The second-order valence-electron chi connectivity index (χ2n) is 3.74. The Labute approximate surface area is 103 Å². The van der Waals surface area contributed by atoms with E-state index in [1.807, 2.05) is 0 Å². The van der Waals surface area contributed by atoms with Crippen LogP contribution >= 0.6 is 0 Å². The monoisotopic (exact) mass is 251 g/mol. The van der Waals surface area contributed by atoms with E-state index >= 15 is 0 Å². The van der Waals surface area contributed by atoms with Crippen molar-refractivity contribution in [1.29, 1.82) is 0 Å². The normalized spacial score (nSPS) is 17.0. The van der Waals surface area contributed by atoms with Crippen LogP contribution in [-0.4, -0.2) is 26.2 Å². The van der Waals surface area contributed by atoms with Gasteiger partial charge in [0, 0.05) is 18.0 Å². The first kappa shape index (κ1) is 12.2. The maximum absolute atomic E-state index is 11.7. The Morgan fingerprint density at radius 1 is 1.39 bits per heavy atom. The predicted molar refractivity (Wildman–Crippen MR) is 57.3 cm³/mol. The molecule has 0 aromatic heterocycles. The van der Waals surface area contributed by atoms with Crippen molar-refractivity contribution in [2.45, 2.75) is 12.5 Å². The third-order valence-electron chi connectivity index (χ3n) is 2.73. The molecule has 0 saturated carbocycles. The van der Waals surface area contributed by atoms with Gasteiger partial charge in [-0.3, -0.25) is 0 Å². The molecule has 0 spiro atoms. The van der Waals surface area contributed by atoms with Gasteiger partial charge in [0.1, 0.15) is 11.7 Å². The highest BCUT2D eigenvalue weighted by atomic mass is 16.6. The molecule has 0 radical (unpaired) electrons. The smallest absolute Gasteiger partial charge is 0.343 e. The first-order valence-electron chi connectivity index (χ1n) is 5.24. The summed E-state index contributed by atoms with van der Waals surface area (Å²) in [5.41, 5.74) is 0.685. The molecule has 0 amide bonds. The van der Waals surface area contributed by atoms with Crippen LogP contribution in [0.2, 0.25) is 0 Å². The van der Waals surface area contributed by atoms with Crippen molar-refractivity contribution in [2.24, 2.45) is 0 Å². The Bertz CT molecular complexity index is 508. The maximum atomic E-state index is 11.7. The van der Waals surface area contributed by atoms with E-state index in [-0.39, 0.29) is 17.7 Å². The van der Waals surface area contributed by atoms with Gasteiger partial charge in [-0.2, -0.15) is 0 Å². The Kier molecular flexibility index (Phi) is 3.10. The van der Waals surface area contributed by atoms with Crippen LogP contribution in [0.4, 0.5) is 0 Å². The molecular formula is C12H11O6-. The summed E-state index contributed by atoms with van der Waals surface area (Å²) in [5, 5.41) is 10.6. The van der Waals surface area contributed by atoms with Gasteiger partial charge >= 0.3 is 5.97 Å². The predicted octanol–water partition coefficient (Wildman–Crippen LogP) is 0.0553. The number of fused-ring (bicyclic) bond motifs is 1. The van der Waals surface area contributed by atoms with Crippen LogP contribution in [0.25, 0.3) is 0 Å². The van der Waals surface area contributed by atoms with E-state index in [0.29, 0.717) is 11.3 Å². The average molecular weight is 251 g/mol. The van der Waals surface area contributed by atoms with Crippen molar-refractivity contribution in [3.05, 3.63) is 23.3 Å². The van der Waals surface area contributed by atoms with Crippen molar-refractivity contribution in [1.82, 2.24) is 0 Å². The number of carbonyl (C=O) groups excluding carboxylic acids is 2. The number of hydrogen-bond donors (Lipinski definition) is 0. The molecule has 1 aromatic rings. The molecule has 1 aliphatic heterocycles. The lowest BCUT2D eigenvalue weighted by Gasteiger charge is -2.12. The second kappa shape index (κ2) is 4.56. The molecule has 0 unspecified atom stereocenters. The third kappa shape index (κ3) is 1.85. The minimum Gasteiger partial charge on any atom is -0.550 e. The summed E-state index contributed by atoms with van der Waals surface area (Å²) in [6.07, 6.45) is -1.22. The minimum atomic E-state index is -1.28. The number of benzene rings is 1. The molecule has 0 bridgehead atoms. The molecular weight excluding hydrogens is 240 g/mol. The first-order valence-corrected chi connectivity index (χ1v) is 5.24. The van der Waals surface area contributed by atoms with Crippen LogP contribution in [0.3, 0.4) is 0 Å². The lowest BCUT2D eigenvalue weighted by Crippen LogP contribution is -2.24. The topological polar surface area (TPSA) is 84.9 Å². The van der Waals surface area contributed by atoms with E-state index in [9.17, 15) is 14.7 Å². The number of carbonyl (C=O) groups is 2. The van der Waals surface area contributed by atoms with Crippen LogP contribution in [-0.2, 0) is 9.53 Å². The van der Waals surface area contributed by atoms with Gasteiger partial charge in [-0.15, -0.1) is 0 Å². The molecule has 0 fully saturated rings. The number of ether oxygens (including phenoxy) is 3. The zero-order valence-electron chi connectivity index (χ0n) is 9.89. The molecule has 2 rings (SSSR count). The van der Waals surface area contributed by atoms with Gasteiger partial charge in [0.15, 0.2) is 11.5 Å². The molecule has 0 N–H and O–H groups in total. The fourth-order valence-corrected chi connectivity index (χ4v) is 1.98. The quantitative estimate of drug-likeness (QED) is 0.703. The largest absolute Gasteiger partial charge is 0.550 e. The molecule has 1 aromatic carbocycles. The number of hydrogen-bond acceptors (Lipinski definition) is 6. The fourth-order valence-electron chi connectivity index (χ4n) is 1.98.